The summed E-state index contributed by atoms with van der Waals surface area (Å²) in [5.74, 6) is -0.626. The molecule has 0 spiro atoms. The summed E-state index contributed by atoms with van der Waals surface area (Å²) in [5.41, 5.74) is 1.73. The van der Waals surface area contributed by atoms with E-state index in [0.717, 1.165) is 5.56 Å². The highest BCUT2D eigenvalue weighted by Gasteiger charge is 2.33. The van der Waals surface area contributed by atoms with Crippen LogP contribution in [0.1, 0.15) is 39.0 Å². The van der Waals surface area contributed by atoms with Crippen LogP contribution in [0.3, 0.4) is 0 Å². The Hall–Kier alpha value is -3.42. The average Bonchev–Trinajstić information content (AvgIpc) is 3.09. The van der Waals surface area contributed by atoms with Crippen LogP contribution in [0.4, 0.5) is 5.69 Å². The number of furan rings is 1. The van der Waals surface area contributed by atoms with Crippen molar-refractivity contribution in [3.05, 3.63) is 94.2 Å². The fourth-order valence-electron chi connectivity index (χ4n) is 3.70. The predicted octanol–water partition coefficient (Wildman–Crippen LogP) is 5.94. The molecule has 6 nitrogen and oxygen atoms in total. The number of carbonyl (C=O) groups excluding carboxylic acids is 2. The number of nitrogens with zero attached hydrogens (tertiary/aromatic N) is 1. The lowest BCUT2D eigenvalue weighted by atomic mass is 10.1. The molecule has 0 bridgehead atoms. The van der Waals surface area contributed by atoms with Gasteiger partial charge in [-0.3, -0.25) is 9.59 Å². The SMILES string of the molecule is CC(=O)c1c(C)oc2ccc(N(C(=O)c3ccccc3Cl)S(=O)(=O)c3ccc(C)cc3)cc12. The summed E-state index contributed by atoms with van der Waals surface area (Å²) in [5, 5.41) is 0.546. The maximum atomic E-state index is 13.7. The lowest BCUT2D eigenvalue weighted by molar-refractivity contribution is 0.100. The van der Waals surface area contributed by atoms with E-state index in [9.17, 15) is 18.0 Å². The van der Waals surface area contributed by atoms with E-state index in [-0.39, 0.29) is 27.0 Å². The van der Waals surface area contributed by atoms with Crippen molar-refractivity contribution in [2.75, 3.05) is 4.31 Å². The number of hydrogen-bond donors (Lipinski definition) is 0. The Morgan fingerprint density at radius 1 is 0.939 bits per heavy atom. The van der Waals surface area contributed by atoms with Gasteiger partial charge in [0.05, 0.1) is 26.7 Å². The second-order valence-corrected chi connectivity index (χ2v) is 9.83. The van der Waals surface area contributed by atoms with E-state index in [1.165, 1.54) is 43.3 Å². The second-order valence-electron chi connectivity index (χ2n) is 7.64. The van der Waals surface area contributed by atoms with Crippen LogP contribution in [0.15, 0.2) is 76.0 Å². The molecule has 4 rings (SSSR count). The third kappa shape index (κ3) is 4.05. The minimum atomic E-state index is -4.32. The Bertz CT molecular complexity index is 1500. The van der Waals surface area contributed by atoms with Gasteiger partial charge in [-0.25, -0.2) is 8.42 Å². The highest BCUT2D eigenvalue weighted by Crippen LogP contribution is 2.34. The Morgan fingerprint density at radius 2 is 1.61 bits per heavy atom. The third-order valence-electron chi connectivity index (χ3n) is 5.28. The van der Waals surface area contributed by atoms with Gasteiger partial charge in [0.2, 0.25) is 0 Å². The lowest BCUT2D eigenvalue weighted by Gasteiger charge is -2.23. The molecule has 0 saturated heterocycles. The van der Waals surface area contributed by atoms with E-state index in [1.807, 2.05) is 6.92 Å². The highest BCUT2D eigenvalue weighted by molar-refractivity contribution is 7.93. The number of sulfonamides is 1. The van der Waals surface area contributed by atoms with Gasteiger partial charge in [-0.2, -0.15) is 4.31 Å². The fraction of sp³-hybridized carbons (Fsp3) is 0.120. The van der Waals surface area contributed by atoms with Gasteiger partial charge in [0.15, 0.2) is 5.78 Å². The van der Waals surface area contributed by atoms with Crippen LogP contribution in [0.2, 0.25) is 5.02 Å². The normalized spacial score (nSPS) is 11.5. The van der Waals surface area contributed by atoms with Crippen LogP contribution in [-0.4, -0.2) is 20.1 Å². The first-order valence-electron chi connectivity index (χ1n) is 10.1. The molecule has 0 radical (unpaired) electrons. The van der Waals surface area contributed by atoms with E-state index >= 15 is 0 Å². The summed E-state index contributed by atoms with van der Waals surface area (Å²) >= 11 is 6.23. The van der Waals surface area contributed by atoms with Gasteiger partial charge in [-0.15, -0.1) is 0 Å². The summed E-state index contributed by atoms with van der Waals surface area (Å²) in [6, 6.07) is 16.9. The van der Waals surface area contributed by atoms with Gasteiger partial charge in [0, 0.05) is 5.39 Å². The van der Waals surface area contributed by atoms with Crippen molar-refractivity contribution < 1.29 is 22.4 Å². The number of anilines is 1. The van der Waals surface area contributed by atoms with Gasteiger partial charge in [0.1, 0.15) is 11.3 Å². The van der Waals surface area contributed by atoms with E-state index < -0.39 is 15.9 Å². The number of halogens is 1. The van der Waals surface area contributed by atoms with Crippen LogP contribution in [0.5, 0.6) is 0 Å². The molecule has 168 valence electrons. The lowest BCUT2D eigenvalue weighted by Crippen LogP contribution is -2.37. The van der Waals surface area contributed by atoms with Crippen molar-refractivity contribution in [1.29, 1.82) is 0 Å². The summed E-state index contributed by atoms with van der Waals surface area (Å²) < 4.78 is 33.8. The minimum Gasteiger partial charge on any atom is -0.461 e. The van der Waals surface area contributed by atoms with Crippen LogP contribution < -0.4 is 4.31 Å². The maximum Gasteiger partial charge on any atom is 0.273 e. The van der Waals surface area contributed by atoms with Gasteiger partial charge < -0.3 is 4.42 Å². The molecule has 0 aliphatic carbocycles. The summed E-state index contributed by atoms with van der Waals surface area (Å²) in [6.45, 7) is 4.90. The first-order valence-corrected chi connectivity index (χ1v) is 11.9. The van der Waals surface area contributed by atoms with Gasteiger partial charge in [-0.05, 0) is 63.2 Å². The summed E-state index contributed by atoms with van der Waals surface area (Å²) in [7, 11) is -4.32. The number of ketones is 1. The first kappa shape index (κ1) is 22.8. The molecular formula is C25H20ClNO5S. The van der Waals surface area contributed by atoms with Crippen molar-refractivity contribution in [3.63, 3.8) is 0 Å². The molecule has 8 heteroatoms. The maximum absolute atomic E-state index is 13.7. The van der Waals surface area contributed by atoms with Crippen molar-refractivity contribution in [2.45, 2.75) is 25.7 Å². The molecule has 4 aromatic rings. The molecule has 0 fully saturated rings. The number of Topliss-reactive ketones (excluding diaryl/α,β-unsaturated/α-hetero) is 1. The predicted molar refractivity (Wildman–Crippen MR) is 128 cm³/mol. The second kappa shape index (κ2) is 8.50. The first-order chi connectivity index (χ1) is 15.6. The van der Waals surface area contributed by atoms with Crippen molar-refractivity contribution in [2.24, 2.45) is 0 Å². The zero-order valence-electron chi connectivity index (χ0n) is 18.1. The molecule has 1 heterocycles. The molecule has 0 atom stereocenters. The number of rotatable bonds is 5. The molecule has 0 aliphatic heterocycles. The van der Waals surface area contributed by atoms with Crippen LogP contribution in [0.25, 0.3) is 11.0 Å². The molecule has 0 unspecified atom stereocenters. The number of hydrogen-bond acceptors (Lipinski definition) is 5. The molecule has 33 heavy (non-hydrogen) atoms. The standard InChI is InChI=1S/C25H20ClNO5S/c1-15-8-11-19(12-9-15)33(30,31)27(25(29)20-6-4-5-7-22(20)26)18-10-13-23-21(14-18)24(16(2)28)17(3)32-23/h4-14H,1-3H3. The number of carbonyl (C=O) groups is 2. The minimum absolute atomic E-state index is 0.0325. The number of amides is 1. The molecule has 3 aromatic carbocycles. The monoisotopic (exact) mass is 481 g/mol. The van der Waals surface area contributed by atoms with Crippen LogP contribution in [-0.2, 0) is 10.0 Å². The van der Waals surface area contributed by atoms with Crippen LogP contribution in [0, 0.1) is 13.8 Å². The molecule has 1 amide bonds. The van der Waals surface area contributed by atoms with Gasteiger partial charge in [0.25, 0.3) is 15.9 Å². The third-order valence-corrected chi connectivity index (χ3v) is 7.34. The van der Waals surface area contributed by atoms with Crippen molar-refractivity contribution in [3.8, 4) is 0 Å². The van der Waals surface area contributed by atoms with Gasteiger partial charge in [-0.1, -0.05) is 41.4 Å². The highest BCUT2D eigenvalue weighted by atomic mass is 35.5. The number of aryl methyl sites for hydroxylation is 2. The van der Waals surface area contributed by atoms with E-state index in [1.54, 1.807) is 37.3 Å². The van der Waals surface area contributed by atoms with E-state index in [0.29, 0.717) is 26.6 Å². The van der Waals surface area contributed by atoms with Gasteiger partial charge >= 0.3 is 0 Å². The molecule has 0 saturated carbocycles. The molecule has 0 N–H and O–H groups in total. The number of benzene rings is 3. The molecule has 1 aromatic heterocycles. The van der Waals surface area contributed by atoms with E-state index in [4.69, 9.17) is 16.0 Å². The Labute approximate surface area is 196 Å². The zero-order valence-corrected chi connectivity index (χ0v) is 19.7. The summed E-state index contributed by atoms with van der Waals surface area (Å²) in [6.07, 6.45) is 0. The molecule has 0 aliphatic rings. The van der Waals surface area contributed by atoms with Crippen molar-refractivity contribution >= 4 is 50.0 Å². The van der Waals surface area contributed by atoms with Crippen LogP contribution >= 0.6 is 11.6 Å². The Balaban J connectivity index is 1.98. The quantitative estimate of drug-likeness (QED) is 0.329. The molecular weight excluding hydrogens is 462 g/mol. The smallest absolute Gasteiger partial charge is 0.273 e. The Kier molecular flexibility index (Phi) is 5.86. The largest absolute Gasteiger partial charge is 0.461 e. The van der Waals surface area contributed by atoms with E-state index in [2.05, 4.69) is 0 Å². The average molecular weight is 482 g/mol. The van der Waals surface area contributed by atoms with Crippen molar-refractivity contribution in [1.82, 2.24) is 0 Å². The fourth-order valence-corrected chi connectivity index (χ4v) is 5.31. The summed E-state index contributed by atoms with van der Waals surface area (Å²) in [4.78, 5) is 25.7. The topological polar surface area (TPSA) is 84.7 Å². The number of fused-ring (bicyclic) bond motifs is 1. The zero-order chi connectivity index (χ0) is 23.9. The Morgan fingerprint density at radius 3 is 2.24 bits per heavy atom.